The molecule has 2 atom stereocenters. The van der Waals surface area contributed by atoms with E-state index in [0.29, 0.717) is 28.4 Å². The molecular formula is C30H30O10. The van der Waals surface area contributed by atoms with Gasteiger partial charge in [0.15, 0.2) is 29.1 Å². The van der Waals surface area contributed by atoms with Crippen molar-refractivity contribution in [3.8, 4) is 28.7 Å². The number of para-hydroxylation sites is 2. The summed E-state index contributed by atoms with van der Waals surface area (Å²) >= 11 is 0. The molecule has 0 aliphatic rings. The highest BCUT2D eigenvalue weighted by Gasteiger charge is 2.27. The number of rotatable bonds is 12. The fourth-order valence-corrected chi connectivity index (χ4v) is 3.58. The van der Waals surface area contributed by atoms with Gasteiger partial charge in [0.25, 0.3) is 0 Å². The summed E-state index contributed by atoms with van der Waals surface area (Å²) in [6.07, 6.45) is 0.423. The van der Waals surface area contributed by atoms with E-state index in [9.17, 15) is 19.5 Å². The molecule has 0 unspecified atom stereocenters. The van der Waals surface area contributed by atoms with Gasteiger partial charge < -0.3 is 33.5 Å². The first-order chi connectivity index (χ1) is 19.2. The maximum Gasteiger partial charge on any atom is 0.330 e. The minimum Gasteiger partial charge on any atom is -0.493 e. The first-order valence-electron chi connectivity index (χ1n) is 12.2. The molecular weight excluding hydrogens is 520 g/mol. The molecule has 0 aromatic heterocycles. The number of methoxy groups -OCH3 is 2. The third-order valence-corrected chi connectivity index (χ3v) is 5.43. The van der Waals surface area contributed by atoms with E-state index in [1.807, 2.05) is 0 Å². The molecule has 0 fully saturated rings. The van der Waals surface area contributed by atoms with Crippen LogP contribution in [0.2, 0.25) is 0 Å². The van der Waals surface area contributed by atoms with Crippen LogP contribution in [-0.4, -0.2) is 49.9 Å². The molecule has 0 bridgehead atoms. The Hall–Kier alpha value is -4.83. The van der Waals surface area contributed by atoms with Crippen LogP contribution in [0.4, 0.5) is 0 Å². The van der Waals surface area contributed by atoms with Crippen LogP contribution in [0.25, 0.3) is 6.08 Å². The van der Waals surface area contributed by atoms with Gasteiger partial charge in [-0.2, -0.15) is 0 Å². The second-order valence-electron chi connectivity index (χ2n) is 8.38. The zero-order chi connectivity index (χ0) is 29.1. The molecule has 3 rings (SSSR count). The van der Waals surface area contributed by atoms with E-state index in [4.69, 9.17) is 28.4 Å². The van der Waals surface area contributed by atoms with Gasteiger partial charge in [-0.25, -0.2) is 4.79 Å². The van der Waals surface area contributed by atoms with E-state index in [2.05, 4.69) is 0 Å². The number of carbonyl (C=O) groups excluding carboxylic acids is 3. The minimum absolute atomic E-state index is 0.186. The monoisotopic (exact) mass is 550 g/mol. The van der Waals surface area contributed by atoms with Crippen molar-refractivity contribution in [1.82, 2.24) is 0 Å². The van der Waals surface area contributed by atoms with Crippen LogP contribution in [-0.2, 0) is 19.1 Å². The predicted octanol–water partition coefficient (Wildman–Crippen LogP) is 4.29. The molecule has 0 saturated carbocycles. The number of aliphatic hydroxyl groups excluding tert-OH is 1. The third kappa shape index (κ3) is 8.60. The summed E-state index contributed by atoms with van der Waals surface area (Å²) in [5, 5.41) is 11.2. The first-order valence-corrected chi connectivity index (χ1v) is 12.2. The van der Waals surface area contributed by atoms with Crippen LogP contribution >= 0.6 is 0 Å². The van der Waals surface area contributed by atoms with Gasteiger partial charge in [0.2, 0.25) is 0 Å². The maximum atomic E-state index is 12.5. The zero-order valence-electron chi connectivity index (χ0n) is 22.5. The molecule has 40 heavy (non-hydrogen) atoms. The molecule has 0 saturated heterocycles. The lowest BCUT2D eigenvalue weighted by Gasteiger charge is -2.25. The average Bonchev–Trinajstić information content (AvgIpc) is 2.94. The average molecular weight is 551 g/mol. The highest BCUT2D eigenvalue weighted by molar-refractivity contribution is 5.87. The van der Waals surface area contributed by atoms with Gasteiger partial charge in [-0.3, -0.25) is 9.59 Å². The van der Waals surface area contributed by atoms with Crippen molar-refractivity contribution >= 4 is 24.0 Å². The lowest BCUT2D eigenvalue weighted by molar-refractivity contribution is -0.142. The van der Waals surface area contributed by atoms with Crippen LogP contribution < -0.4 is 23.7 Å². The Morgan fingerprint density at radius 2 is 1.45 bits per heavy atom. The van der Waals surface area contributed by atoms with Gasteiger partial charge >= 0.3 is 17.9 Å². The lowest BCUT2D eigenvalue weighted by atomic mass is 10.0. The molecule has 0 amide bonds. The minimum atomic E-state index is -1.28. The molecule has 0 spiro atoms. The summed E-state index contributed by atoms with van der Waals surface area (Å²) in [6.45, 7) is 2.25. The number of hydrogen-bond acceptors (Lipinski definition) is 10. The Bertz CT molecular complexity index is 1350. The fraction of sp³-hybridized carbons (Fsp3) is 0.233. The van der Waals surface area contributed by atoms with Crippen molar-refractivity contribution in [3.63, 3.8) is 0 Å². The topological polar surface area (TPSA) is 127 Å². The standard InChI is InChI=1S/C30H30O10/c1-19(31)38-23-13-9-21(10-14-23)11-16-29(33)37-18-28(40-25-8-6-5-7-24(25)35-3)30(34)22-12-15-26(39-20(2)32)27(17-22)36-4/h5-17,28,30,34H,18H2,1-4H3/b16-11+/t28-,30+/m0/s1. The third-order valence-electron chi connectivity index (χ3n) is 5.43. The summed E-state index contributed by atoms with van der Waals surface area (Å²) in [5.74, 6) is -0.0827. The lowest BCUT2D eigenvalue weighted by Crippen LogP contribution is -2.31. The van der Waals surface area contributed by atoms with Crippen LogP contribution in [0.5, 0.6) is 28.7 Å². The summed E-state index contributed by atoms with van der Waals surface area (Å²) in [6, 6.07) is 17.9. The van der Waals surface area contributed by atoms with Crippen molar-refractivity contribution in [2.24, 2.45) is 0 Å². The van der Waals surface area contributed by atoms with E-state index in [0.717, 1.165) is 0 Å². The van der Waals surface area contributed by atoms with E-state index in [-0.39, 0.29) is 18.1 Å². The van der Waals surface area contributed by atoms with Gasteiger partial charge in [0, 0.05) is 19.9 Å². The van der Waals surface area contributed by atoms with Gasteiger partial charge in [-0.1, -0.05) is 30.3 Å². The number of aliphatic hydroxyl groups is 1. The molecule has 1 N–H and O–H groups in total. The van der Waals surface area contributed by atoms with Crippen molar-refractivity contribution in [2.75, 3.05) is 20.8 Å². The SMILES string of the molecule is COc1cc([C@@H](O)[C@H](COC(=O)/C=C/c2ccc(OC(C)=O)cc2)Oc2ccccc2OC)ccc1OC(C)=O. The smallest absolute Gasteiger partial charge is 0.330 e. The summed E-state index contributed by atoms with van der Waals surface area (Å²) < 4.78 is 32.2. The van der Waals surface area contributed by atoms with Gasteiger partial charge in [0.1, 0.15) is 18.5 Å². The molecule has 3 aromatic rings. The fourth-order valence-electron chi connectivity index (χ4n) is 3.58. The highest BCUT2D eigenvalue weighted by atomic mass is 16.6. The van der Waals surface area contributed by atoms with Crippen LogP contribution in [0.1, 0.15) is 31.1 Å². The molecule has 0 heterocycles. The van der Waals surface area contributed by atoms with Crippen LogP contribution in [0.3, 0.4) is 0 Å². The summed E-state index contributed by atoms with van der Waals surface area (Å²) in [4.78, 5) is 35.0. The van der Waals surface area contributed by atoms with Gasteiger partial charge in [-0.05, 0) is 53.6 Å². The number of esters is 3. The first kappa shape index (κ1) is 29.7. The van der Waals surface area contributed by atoms with Crippen molar-refractivity contribution in [2.45, 2.75) is 26.1 Å². The quantitative estimate of drug-likeness (QED) is 0.198. The number of hydrogen-bond donors (Lipinski definition) is 1. The largest absolute Gasteiger partial charge is 0.493 e. The van der Waals surface area contributed by atoms with Crippen molar-refractivity contribution in [3.05, 3.63) is 83.9 Å². The zero-order valence-corrected chi connectivity index (χ0v) is 22.5. The molecule has 0 aliphatic carbocycles. The number of ether oxygens (including phenoxy) is 6. The molecule has 10 heteroatoms. The van der Waals surface area contributed by atoms with E-state index in [1.54, 1.807) is 54.6 Å². The van der Waals surface area contributed by atoms with E-state index < -0.39 is 30.1 Å². The summed E-state index contributed by atoms with van der Waals surface area (Å²) in [5.41, 5.74) is 1.04. The Labute approximate surface area is 231 Å². The van der Waals surface area contributed by atoms with Crippen LogP contribution in [0, 0.1) is 0 Å². The molecule has 0 radical (unpaired) electrons. The van der Waals surface area contributed by atoms with Gasteiger partial charge in [0.05, 0.1) is 14.2 Å². The Morgan fingerprint density at radius 1 is 0.800 bits per heavy atom. The Balaban J connectivity index is 1.77. The van der Waals surface area contributed by atoms with Crippen LogP contribution in [0.15, 0.2) is 72.8 Å². The maximum absolute atomic E-state index is 12.5. The van der Waals surface area contributed by atoms with Gasteiger partial charge in [-0.15, -0.1) is 0 Å². The molecule has 210 valence electrons. The van der Waals surface area contributed by atoms with E-state index in [1.165, 1.54) is 52.4 Å². The van der Waals surface area contributed by atoms with Crippen molar-refractivity contribution < 1.29 is 47.9 Å². The number of benzene rings is 3. The number of carbonyl (C=O) groups is 3. The highest BCUT2D eigenvalue weighted by Crippen LogP contribution is 2.34. The second-order valence-corrected chi connectivity index (χ2v) is 8.38. The van der Waals surface area contributed by atoms with Crippen molar-refractivity contribution in [1.29, 1.82) is 0 Å². The predicted molar refractivity (Wildman–Crippen MR) is 144 cm³/mol. The Morgan fingerprint density at radius 3 is 2.08 bits per heavy atom. The summed E-state index contributed by atoms with van der Waals surface area (Å²) in [7, 11) is 2.88. The Kier molecular flexibility index (Phi) is 10.7. The molecule has 0 aliphatic heterocycles. The van der Waals surface area contributed by atoms with E-state index >= 15 is 0 Å². The second kappa shape index (κ2) is 14.4. The molecule has 10 nitrogen and oxygen atoms in total. The normalized spacial score (nSPS) is 12.2. The molecule has 3 aromatic carbocycles.